The molecule has 164 valence electrons. The van der Waals surface area contributed by atoms with E-state index < -0.39 is 0 Å². The molecule has 2 aromatic heterocycles. The lowest BCUT2D eigenvalue weighted by Gasteiger charge is -2.45. The highest BCUT2D eigenvalue weighted by atomic mass is 16.3. The van der Waals surface area contributed by atoms with E-state index in [1.54, 1.807) is 12.1 Å². The zero-order chi connectivity index (χ0) is 22.8. The number of aromatic nitrogens is 1. The Morgan fingerprint density at radius 3 is 2.38 bits per heavy atom. The fourth-order valence-corrected chi connectivity index (χ4v) is 4.45. The molecule has 1 aliphatic heterocycles. The van der Waals surface area contributed by atoms with Crippen LogP contribution in [0.15, 0.2) is 59.2 Å². The highest BCUT2D eigenvalue weighted by Crippen LogP contribution is 2.34. The van der Waals surface area contributed by atoms with Crippen LogP contribution in [-0.2, 0) is 0 Å². The first-order chi connectivity index (χ1) is 15.4. The Labute approximate surface area is 189 Å². The van der Waals surface area contributed by atoms with Crippen molar-refractivity contribution < 1.29 is 9.21 Å². The Morgan fingerprint density at radius 2 is 1.81 bits per heavy atom. The molecule has 0 saturated carbocycles. The van der Waals surface area contributed by atoms with Crippen molar-refractivity contribution >= 4 is 11.7 Å². The van der Waals surface area contributed by atoms with E-state index in [0.29, 0.717) is 30.2 Å². The van der Waals surface area contributed by atoms with Gasteiger partial charge in [-0.2, -0.15) is 5.26 Å². The average Bonchev–Trinajstić information content (AvgIpc) is 3.33. The number of piperazine rings is 1. The maximum absolute atomic E-state index is 13.0. The average molecular weight is 429 g/mol. The monoisotopic (exact) mass is 428 g/mol. The summed E-state index contributed by atoms with van der Waals surface area (Å²) in [5, 5.41) is 10.1. The number of hydrogen-bond donors (Lipinski definition) is 0. The summed E-state index contributed by atoms with van der Waals surface area (Å²) in [6.45, 7) is 9.46. The maximum atomic E-state index is 13.0. The van der Waals surface area contributed by atoms with Crippen molar-refractivity contribution in [2.24, 2.45) is 0 Å². The molecule has 3 heterocycles. The van der Waals surface area contributed by atoms with Gasteiger partial charge in [-0.25, -0.2) is 4.98 Å². The second kappa shape index (κ2) is 8.88. The molecule has 2 atom stereocenters. The molecule has 0 spiro atoms. The van der Waals surface area contributed by atoms with Crippen LogP contribution in [0.1, 0.15) is 55.4 Å². The first-order valence-corrected chi connectivity index (χ1v) is 11.0. The van der Waals surface area contributed by atoms with Crippen molar-refractivity contribution in [3.05, 3.63) is 71.8 Å². The van der Waals surface area contributed by atoms with Gasteiger partial charge in [-0.15, -0.1) is 0 Å². The number of nitrogens with zero attached hydrogens (tertiary/aromatic N) is 4. The molecule has 6 heteroatoms. The second-order valence-corrected chi connectivity index (χ2v) is 8.72. The molecule has 32 heavy (non-hydrogen) atoms. The number of amides is 1. The van der Waals surface area contributed by atoms with Gasteiger partial charge in [0, 0.05) is 36.4 Å². The third-order valence-corrected chi connectivity index (χ3v) is 5.99. The minimum absolute atomic E-state index is 0.0624. The summed E-state index contributed by atoms with van der Waals surface area (Å²) in [6.07, 6.45) is 1.52. The van der Waals surface area contributed by atoms with Crippen LogP contribution in [0.2, 0.25) is 0 Å². The third-order valence-electron chi connectivity index (χ3n) is 5.99. The molecule has 1 saturated heterocycles. The van der Waals surface area contributed by atoms with E-state index in [4.69, 9.17) is 9.40 Å². The van der Waals surface area contributed by atoms with E-state index in [-0.39, 0.29) is 23.9 Å². The molecule has 0 unspecified atom stereocenters. The van der Waals surface area contributed by atoms with Gasteiger partial charge in [0.2, 0.25) is 0 Å². The van der Waals surface area contributed by atoms with Gasteiger partial charge >= 0.3 is 0 Å². The Morgan fingerprint density at radius 1 is 1.12 bits per heavy atom. The lowest BCUT2D eigenvalue weighted by atomic mass is 9.96. The van der Waals surface area contributed by atoms with Gasteiger partial charge < -0.3 is 14.2 Å². The van der Waals surface area contributed by atoms with E-state index in [1.165, 1.54) is 6.26 Å². The van der Waals surface area contributed by atoms with Crippen LogP contribution in [0.4, 0.5) is 5.82 Å². The number of furan rings is 1. The molecule has 0 radical (unpaired) electrons. The van der Waals surface area contributed by atoms with Crippen molar-refractivity contribution in [3.8, 4) is 17.2 Å². The van der Waals surface area contributed by atoms with Crippen molar-refractivity contribution in [1.82, 2.24) is 9.88 Å². The minimum Gasteiger partial charge on any atom is -0.459 e. The highest BCUT2D eigenvalue weighted by Gasteiger charge is 2.36. The molecule has 3 aromatic rings. The Kier molecular flexibility index (Phi) is 6.00. The number of rotatable bonds is 4. The summed E-state index contributed by atoms with van der Waals surface area (Å²) in [6, 6.07) is 17.7. The number of carbonyl (C=O) groups excluding carboxylic acids is 1. The van der Waals surface area contributed by atoms with Crippen molar-refractivity contribution in [2.75, 3.05) is 18.0 Å². The number of carbonyl (C=O) groups is 1. The molecular formula is C26H28N4O2. The molecule has 0 N–H and O–H groups in total. The summed E-state index contributed by atoms with van der Waals surface area (Å²) in [4.78, 5) is 21.9. The standard InChI is InChI=1S/C26H28N4O2/c1-17(2)23-13-21(20-9-6-5-7-10-20)22(14-27)25(28-23)29-15-18(3)30(19(4)16-29)26(31)24-11-8-12-32-24/h5-13,17-19H,15-16H2,1-4H3/t18-,19+. The number of hydrogen-bond acceptors (Lipinski definition) is 5. The summed E-state index contributed by atoms with van der Waals surface area (Å²) in [7, 11) is 0. The Hall–Kier alpha value is -3.59. The van der Waals surface area contributed by atoms with Crippen LogP contribution in [0.5, 0.6) is 0 Å². The van der Waals surface area contributed by atoms with Crippen LogP contribution < -0.4 is 4.90 Å². The summed E-state index contributed by atoms with van der Waals surface area (Å²) < 4.78 is 5.34. The Balaban J connectivity index is 1.73. The molecule has 0 bridgehead atoms. The zero-order valence-corrected chi connectivity index (χ0v) is 18.9. The van der Waals surface area contributed by atoms with Gasteiger partial charge in [0.1, 0.15) is 17.5 Å². The van der Waals surface area contributed by atoms with Gasteiger partial charge in [-0.3, -0.25) is 4.79 Å². The highest BCUT2D eigenvalue weighted by molar-refractivity contribution is 5.92. The van der Waals surface area contributed by atoms with Crippen LogP contribution >= 0.6 is 0 Å². The number of pyridine rings is 1. The van der Waals surface area contributed by atoms with Crippen LogP contribution in [-0.4, -0.2) is 41.0 Å². The summed E-state index contributed by atoms with van der Waals surface area (Å²) in [5.74, 6) is 1.16. The minimum atomic E-state index is -0.107. The molecule has 4 rings (SSSR count). The van der Waals surface area contributed by atoms with Crippen LogP contribution in [0.25, 0.3) is 11.1 Å². The van der Waals surface area contributed by atoms with Gasteiger partial charge in [-0.05, 0) is 43.5 Å². The molecule has 1 aromatic carbocycles. The van der Waals surface area contributed by atoms with E-state index in [2.05, 4.69) is 24.8 Å². The maximum Gasteiger partial charge on any atom is 0.290 e. The molecular weight excluding hydrogens is 400 g/mol. The van der Waals surface area contributed by atoms with E-state index in [9.17, 15) is 10.1 Å². The topological polar surface area (TPSA) is 73.4 Å². The predicted octanol–water partition coefficient (Wildman–Crippen LogP) is 5.08. The SMILES string of the molecule is CC(C)c1cc(-c2ccccc2)c(C#N)c(N2C[C@@H](C)N(C(=O)c3ccco3)[C@@H](C)C2)n1. The molecule has 1 fully saturated rings. The molecule has 0 aliphatic carbocycles. The first-order valence-electron chi connectivity index (χ1n) is 11.0. The fraction of sp³-hybridized carbons (Fsp3) is 0.346. The third kappa shape index (κ3) is 3.99. The smallest absolute Gasteiger partial charge is 0.290 e. The molecule has 1 amide bonds. The quantitative estimate of drug-likeness (QED) is 0.580. The number of nitriles is 1. The summed E-state index contributed by atoms with van der Waals surface area (Å²) in [5.41, 5.74) is 3.43. The summed E-state index contributed by atoms with van der Waals surface area (Å²) >= 11 is 0. The molecule has 1 aliphatic rings. The van der Waals surface area contributed by atoms with Crippen LogP contribution in [0.3, 0.4) is 0 Å². The van der Waals surface area contributed by atoms with E-state index in [0.717, 1.165) is 16.8 Å². The fourth-order valence-electron chi connectivity index (χ4n) is 4.45. The van der Waals surface area contributed by atoms with Gasteiger partial charge in [0.15, 0.2) is 5.76 Å². The van der Waals surface area contributed by atoms with Gasteiger partial charge in [0.25, 0.3) is 5.91 Å². The van der Waals surface area contributed by atoms with E-state index >= 15 is 0 Å². The lowest BCUT2D eigenvalue weighted by molar-refractivity contribution is 0.0541. The number of benzene rings is 1. The van der Waals surface area contributed by atoms with Crippen molar-refractivity contribution in [3.63, 3.8) is 0 Å². The zero-order valence-electron chi connectivity index (χ0n) is 18.9. The van der Waals surface area contributed by atoms with Gasteiger partial charge in [-0.1, -0.05) is 44.2 Å². The van der Waals surface area contributed by atoms with E-state index in [1.807, 2.05) is 55.1 Å². The number of anilines is 1. The lowest BCUT2D eigenvalue weighted by Crippen LogP contribution is -2.59. The first kappa shape index (κ1) is 21.6. The predicted molar refractivity (Wildman–Crippen MR) is 124 cm³/mol. The van der Waals surface area contributed by atoms with Crippen molar-refractivity contribution in [2.45, 2.75) is 45.7 Å². The van der Waals surface area contributed by atoms with Gasteiger partial charge in [0.05, 0.1) is 6.26 Å². The largest absolute Gasteiger partial charge is 0.459 e. The van der Waals surface area contributed by atoms with Crippen molar-refractivity contribution in [1.29, 1.82) is 5.26 Å². The second-order valence-electron chi connectivity index (χ2n) is 8.72. The molecule has 6 nitrogen and oxygen atoms in total. The normalized spacial score (nSPS) is 18.6. The van der Waals surface area contributed by atoms with Crippen LogP contribution in [0, 0.1) is 11.3 Å². The Bertz CT molecular complexity index is 1120.